The molecule has 0 spiro atoms. The first-order valence-electron chi connectivity index (χ1n) is 6.16. The van der Waals surface area contributed by atoms with Crippen molar-refractivity contribution in [2.45, 2.75) is 17.5 Å². The summed E-state index contributed by atoms with van der Waals surface area (Å²) in [5, 5.41) is 3.27. The van der Waals surface area contributed by atoms with E-state index in [0.717, 1.165) is 4.90 Å². The number of ether oxygens (including phenoxy) is 1. The van der Waals surface area contributed by atoms with E-state index >= 15 is 0 Å². The van der Waals surface area contributed by atoms with Gasteiger partial charge in [-0.25, -0.2) is 0 Å². The topological polar surface area (TPSA) is 38.3 Å². The minimum atomic E-state index is -4.36. The standard InChI is InChI=1S/C13H15ClF3NO2S/c14-10-1-3-11(4-2-10)21-8-6-18-12(19)5-7-20-9-13(15,16)17/h1-4H,5-9H2,(H,18,19). The molecule has 0 saturated heterocycles. The van der Waals surface area contributed by atoms with E-state index in [1.165, 1.54) is 0 Å². The van der Waals surface area contributed by atoms with Crippen LogP contribution in [0.2, 0.25) is 5.02 Å². The molecule has 1 aromatic carbocycles. The fourth-order valence-corrected chi connectivity index (χ4v) is 2.23. The van der Waals surface area contributed by atoms with Gasteiger partial charge in [-0.15, -0.1) is 11.8 Å². The summed E-state index contributed by atoms with van der Waals surface area (Å²) in [5.74, 6) is 0.338. The maximum atomic E-state index is 11.8. The third-order valence-corrected chi connectivity index (χ3v) is 3.51. The van der Waals surface area contributed by atoms with Crippen LogP contribution in [0.4, 0.5) is 13.2 Å². The molecular weight excluding hydrogens is 327 g/mol. The van der Waals surface area contributed by atoms with Crippen molar-refractivity contribution in [2.75, 3.05) is 25.5 Å². The van der Waals surface area contributed by atoms with Crippen molar-refractivity contribution >= 4 is 29.3 Å². The van der Waals surface area contributed by atoms with Crippen molar-refractivity contribution in [1.82, 2.24) is 5.32 Å². The molecule has 0 heterocycles. The fraction of sp³-hybridized carbons (Fsp3) is 0.462. The van der Waals surface area contributed by atoms with Crippen LogP contribution in [0.25, 0.3) is 0 Å². The van der Waals surface area contributed by atoms with Gasteiger partial charge in [0.15, 0.2) is 0 Å². The van der Waals surface area contributed by atoms with Crippen LogP contribution in [0.3, 0.4) is 0 Å². The fourth-order valence-electron chi connectivity index (χ4n) is 1.33. The van der Waals surface area contributed by atoms with Gasteiger partial charge in [-0.05, 0) is 24.3 Å². The van der Waals surface area contributed by atoms with Gasteiger partial charge in [0.25, 0.3) is 0 Å². The van der Waals surface area contributed by atoms with Crippen molar-refractivity contribution < 1.29 is 22.7 Å². The molecule has 0 atom stereocenters. The van der Waals surface area contributed by atoms with E-state index in [4.69, 9.17) is 11.6 Å². The molecule has 0 aromatic heterocycles. The van der Waals surface area contributed by atoms with Crippen LogP contribution in [0.1, 0.15) is 6.42 Å². The number of hydrogen-bond acceptors (Lipinski definition) is 3. The molecule has 21 heavy (non-hydrogen) atoms. The number of carbonyl (C=O) groups is 1. The lowest BCUT2D eigenvalue weighted by molar-refractivity contribution is -0.174. The Hall–Kier alpha value is -0.920. The van der Waals surface area contributed by atoms with E-state index in [9.17, 15) is 18.0 Å². The summed E-state index contributed by atoms with van der Waals surface area (Å²) >= 11 is 7.30. The van der Waals surface area contributed by atoms with Gasteiger partial charge in [0.2, 0.25) is 5.91 Å². The minimum absolute atomic E-state index is 0.0817. The van der Waals surface area contributed by atoms with Gasteiger partial charge in [-0.1, -0.05) is 11.6 Å². The lowest BCUT2D eigenvalue weighted by Crippen LogP contribution is -2.27. The normalized spacial score (nSPS) is 11.4. The van der Waals surface area contributed by atoms with Gasteiger partial charge in [0.05, 0.1) is 6.61 Å². The van der Waals surface area contributed by atoms with Gasteiger partial charge in [0, 0.05) is 28.6 Å². The van der Waals surface area contributed by atoms with Crippen molar-refractivity contribution in [2.24, 2.45) is 0 Å². The number of alkyl halides is 3. The van der Waals surface area contributed by atoms with Gasteiger partial charge in [-0.3, -0.25) is 4.79 Å². The summed E-state index contributed by atoms with van der Waals surface area (Å²) in [6.07, 6.45) is -4.44. The Kier molecular flexibility index (Phi) is 7.92. The monoisotopic (exact) mass is 341 g/mol. The zero-order valence-corrected chi connectivity index (χ0v) is 12.7. The minimum Gasteiger partial charge on any atom is -0.372 e. The van der Waals surface area contributed by atoms with Gasteiger partial charge < -0.3 is 10.1 Å². The highest BCUT2D eigenvalue weighted by Crippen LogP contribution is 2.19. The highest BCUT2D eigenvalue weighted by molar-refractivity contribution is 7.99. The van der Waals surface area contributed by atoms with Crippen molar-refractivity contribution in [3.63, 3.8) is 0 Å². The SMILES string of the molecule is O=C(CCOCC(F)(F)F)NCCSc1ccc(Cl)cc1. The van der Waals surface area contributed by atoms with Crippen LogP contribution in [0.5, 0.6) is 0 Å². The van der Waals surface area contributed by atoms with E-state index in [0.29, 0.717) is 17.3 Å². The molecule has 1 rings (SSSR count). The van der Waals surface area contributed by atoms with Gasteiger partial charge >= 0.3 is 6.18 Å². The molecule has 8 heteroatoms. The number of benzene rings is 1. The van der Waals surface area contributed by atoms with Crippen LogP contribution in [-0.4, -0.2) is 37.6 Å². The smallest absolute Gasteiger partial charge is 0.372 e. The van der Waals surface area contributed by atoms with E-state index in [2.05, 4.69) is 10.1 Å². The predicted molar refractivity (Wildman–Crippen MR) is 76.7 cm³/mol. The summed E-state index contributed by atoms with van der Waals surface area (Å²) in [7, 11) is 0. The first kappa shape index (κ1) is 18.1. The van der Waals surface area contributed by atoms with E-state index in [1.807, 2.05) is 12.1 Å². The second kappa shape index (κ2) is 9.17. The average molecular weight is 342 g/mol. The zero-order valence-electron chi connectivity index (χ0n) is 11.1. The number of amides is 1. The summed E-state index contributed by atoms with van der Waals surface area (Å²) in [4.78, 5) is 12.4. The molecule has 0 fully saturated rings. The molecule has 3 nitrogen and oxygen atoms in total. The Morgan fingerprint density at radius 3 is 2.57 bits per heavy atom. The molecule has 118 valence electrons. The Balaban J connectivity index is 2.04. The number of halogens is 4. The third kappa shape index (κ3) is 9.60. The van der Waals surface area contributed by atoms with E-state index in [-0.39, 0.29) is 18.9 Å². The highest BCUT2D eigenvalue weighted by Gasteiger charge is 2.27. The lowest BCUT2D eigenvalue weighted by Gasteiger charge is -2.08. The first-order valence-corrected chi connectivity index (χ1v) is 7.53. The average Bonchev–Trinajstić information content (AvgIpc) is 2.41. The molecule has 1 N–H and O–H groups in total. The van der Waals surface area contributed by atoms with Crippen LogP contribution in [0, 0.1) is 0 Å². The summed E-state index contributed by atoms with van der Waals surface area (Å²) in [6.45, 7) is -1.13. The number of rotatable bonds is 8. The molecule has 0 aliphatic heterocycles. The lowest BCUT2D eigenvalue weighted by atomic mass is 10.4. The van der Waals surface area contributed by atoms with Gasteiger partial charge in [-0.2, -0.15) is 13.2 Å². The molecule has 1 amide bonds. The Morgan fingerprint density at radius 2 is 1.95 bits per heavy atom. The number of thioether (sulfide) groups is 1. The molecule has 0 unspecified atom stereocenters. The van der Waals surface area contributed by atoms with Crippen molar-refractivity contribution in [3.05, 3.63) is 29.3 Å². The van der Waals surface area contributed by atoms with Gasteiger partial charge in [0.1, 0.15) is 6.61 Å². The second-order valence-corrected chi connectivity index (χ2v) is 5.67. The molecule has 0 radical (unpaired) electrons. The predicted octanol–water partition coefficient (Wildman–Crippen LogP) is 3.52. The zero-order chi connectivity index (χ0) is 15.7. The summed E-state index contributed by atoms with van der Waals surface area (Å²) in [6, 6.07) is 7.31. The van der Waals surface area contributed by atoms with Crippen LogP contribution in [0.15, 0.2) is 29.2 Å². The Bertz CT molecular complexity index is 440. The summed E-state index contributed by atoms with van der Waals surface area (Å²) in [5.41, 5.74) is 0. The number of carbonyl (C=O) groups excluding carboxylic acids is 1. The molecule has 0 aliphatic carbocycles. The quantitative estimate of drug-likeness (QED) is 0.581. The second-order valence-electron chi connectivity index (χ2n) is 4.07. The number of nitrogens with one attached hydrogen (secondary N) is 1. The molecule has 0 aliphatic rings. The van der Waals surface area contributed by atoms with Crippen molar-refractivity contribution in [3.8, 4) is 0 Å². The number of hydrogen-bond donors (Lipinski definition) is 1. The Labute approximate surface area is 130 Å². The largest absolute Gasteiger partial charge is 0.411 e. The van der Waals surface area contributed by atoms with E-state index < -0.39 is 12.8 Å². The molecular formula is C13H15ClF3NO2S. The Morgan fingerprint density at radius 1 is 1.29 bits per heavy atom. The van der Waals surface area contributed by atoms with Crippen LogP contribution >= 0.6 is 23.4 Å². The summed E-state index contributed by atoms with van der Waals surface area (Å²) < 4.78 is 39.7. The van der Waals surface area contributed by atoms with Crippen LogP contribution < -0.4 is 5.32 Å². The molecule has 1 aromatic rings. The first-order chi connectivity index (χ1) is 9.87. The third-order valence-electron chi connectivity index (χ3n) is 2.25. The maximum Gasteiger partial charge on any atom is 0.411 e. The maximum absolute atomic E-state index is 11.8. The van der Waals surface area contributed by atoms with Crippen molar-refractivity contribution in [1.29, 1.82) is 0 Å². The van der Waals surface area contributed by atoms with Crippen LogP contribution in [-0.2, 0) is 9.53 Å². The molecule has 0 saturated carbocycles. The molecule has 0 bridgehead atoms. The van der Waals surface area contributed by atoms with E-state index in [1.54, 1.807) is 23.9 Å². The highest BCUT2D eigenvalue weighted by atomic mass is 35.5.